The van der Waals surface area contributed by atoms with Gasteiger partial charge in [-0.25, -0.2) is 4.98 Å². The van der Waals surface area contributed by atoms with Gasteiger partial charge in [0.25, 0.3) is 0 Å². The van der Waals surface area contributed by atoms with Gasteiger partial charge in [-0.05, 0) is 28.1 Å². The number of amides is 2. The highest BCUT2D eigenvalue weighted by Gasteiger charge is 2.37. The molecule has 0 saturated carbocycles. The van der Waals surface area contributed by atoms with E-state index in [4.69, 9.17) is 0 Å². The fourth-order valence-electron chi connectivity index (χ4n) is 2.08. The number of hydrogen-bond acceptors (Lipinski definition) is 6. The molecule has 9 heteroatoms. The predicted molar refractivity (Wildman–Crippen MR) is 101 cm³/mol. The van der Waals surface area contributed by atoms with Gasteiger partial charge in [-0.2, -0.15) is 4.99 Å². The Labute approximate surface area is 155 Å². The van der Waals surface area contributed by atoms with E-state index in [0.29, 0.717) is 16.0 Å². The summed E-state index contributed by atoms with van der Waals surface area (Å²) in [5.74, 6) is -0.339. The Kier molecular flexibility index (Phi) is 5.32. The van der Waals surface area contributed by atoms with E-state index in [0.717, 1.165) is 4.47 Å². The zero-order valence-electron chi connectivity index (χ0n) is 12.6. The van der Waals surface area contributed by atoms with Crippen molar-refractivity contribution in [2.75, 3.05) is 12.4 Å². The molecule has 1 aliphatic heterocycles. The van der Waals surface area contributed by atoms with Crippen molar-refractivity contribution in [1.29, 1.82) is 0 Å². The van der Waals surface area contributed by atoms with E-state index >= 15 is 0 Å². The van der Waals surface area contributed by atoms with Crippen LogP contribution in [0.3, 0.4) is 0 Å². The molecule has 1 aromatic carbocycles. The monoisotopic (exact) mass is 424 g/mol. The number of amidine groups is 1. The molecule has 1 aliphatic rings. The van der Waals surface area contributed by atoms with E-state index < -0.39 is 5.25 Å². The van der Waals surface area contributed by atoms with Gasteiger partial charge in [0.2, 0.25) is 16.9 Å². The minimum absolute atomic E-state index is 0.0893. The fraction of sp³-hybridized carbons (Fsp3) is 0.200. The van der Waals surface area contributed by atoms with Crippen LogP contribution in [-0.4, -0.2) is 39.2 Å². The van der Waals surface area contributed by atoms with E-state index in [1.165, 1.54) is 28.0 Å². The van der Waals surface area contributed by atoms with Gasteiger partial charge in [-0.3, -0.25) is 14.5 Å². The Balaban J connectivity index is 1.66. The van der Waals surface area contributed by atoms with Crippen LogP contribution in [0.1, 0.15) is 6.42 Å². The summed E-state index contributed by atoms with van der Waals surface area (Å²) in [4.78, 5) is 34.5. The Morgan fingerprint density at radius 1 is 1.46 bits per heavy atom. The largest absolute Gasteiger partial charge is 0.325 e. The summed E-state index contributed by atoms with van der Waals surface area (Å²) in [7, 11) is 1.66. The molecule has 2 amide bonds. The van der Waals surface area contributed by atoms with Gasteiger partial charge < -0.3 is 5.32 Å². The van der Waals surface area contributed by atoms with Gasteiger partial charge in [0.1, 0.15) is 5.25 Å². The van der Waals surface area contributed by atoms with Crippen molar-refractivity contribution in [2.45, 2.75) is 11.7 Å². The number of nitrogens with zero attached hydrogens (tertiary/aromatic N) is 3. The summed E-state index contributed by atoms with van der Waals surface area (Å²) in [5, 5.41) is 5.32. The summed E-state index contributed by atoms with van der Waals surface area (Å²) in [6, 6.07) is 7.35. The number of thioether (sulfide) groups is 1. The average Bonchev–Trinajstić information content (AvgIpc) is 3.15. The third-order valence-electron chi connectivity index (χ3n) is 3.27. The number of aliphatic imine (C=N–C) groups is 1. The van der Waals surface area contributed by atoms with Crippen LogP contribution in [0, 0.1) is 0 Å². The summed E-state index contributed by atoms with van der Waals surface area (Å²) < 4.78 is 0.798. The number of thiazole rings is 1. The van der Waals surface area contributed by atoms with E-state index in [1.54, 1.807) is 19.3 Å². The second kappa shape index (κ2) is 7.45. The molecule has 1 N–H and O–H groups in total. The van der Waals surface area contributed by atoms with Crippen molar-refractivity contribution < 1.29 is 9.59 Å². The van der Waals surface area contributed by atoms with Crippen LogP contribution in [0.2, 0.25) is 0 Å². The smallest absolute Gasteiger partial charge is 0.242 e. The molecule has 3 rings (SSSR count). The molecule has 6 nitrogen and oxygen atoms in total. The third kappa shape index (κ3) is 3.85. The van der Waals surface area contributed by atoms with Crippen LogP contribution < -0.4 is 5.32 Å². The standard InChI is InChI=1S/C15H13BrN4O2S2/c1-20-13(22)11(24-15(20)19-14-17-6-7-23-14)8-12(21)18-10-5-3-2-4-9(10)16/h2-7,11H,8H2,1H3,(H,18,21). The van der Waals surface area contributed by atoms with Crippen LogP contribution in [0.5, 0.6) is 0 Å². The number of carbonyl (C=O) groups excluding carboxylic acids is 2. The number of aromatic nitrogens is 1. The van der Waals surface area contributed by atoms with E-state index in [9.17, 15) is 9.59 Å². The van der Waals surface area contributed by atoms with Gasteiger partial charge >= 0.3 is 0 Å². The van der Waals surface area contributed by atoms with Crippen LogP contribution in [0.25, 0.3) is 0 Å². The molecule has 0 bridgehead atoms. The van der Waals surface area contributed by atoms with Crippen molar-refractivity contribution in [1.82, 2.24) is 9.88 Å². The van der Waals surface area contributed by atoms with Crippen molar-refractivity contribution in [3.05, 3.63) is 40.3 Å². The highest BCUT2D eigenvalue weighted by atomic mass is 79.9. The molecule has 1 unspecified atom stereocenters. The maximum atomic E-state index is 12.3. The first-order valence-corrected chi connectivity index (χ1v) is 9.56. The number of nitrogens with one attached hydrogen (secondary N) is 1. The maximum absolute atomic E-state index is 12.3. The Hall–Kier alpha value is -1.71. The van der Waals surface area contributed by atoms with E-state index in [1.807, 2.05) is 23.6 Å². The quantitative estimate of drug-likeness (QED) is 0.814. The van der Waals surface area contributed by atoms with E-state index in [-0.39, 0.29) is 18.2 Å². The number of rotatable bonds is 4. The maximum Gasteiger partial charge on any atom is 0.242 e. The van der Waals surface area contributed by atoms with Gasteiger partial charge in [0.05, 0.1) is 5.69 Å². The number of hydrogen-bond donors (Lipinski definition) is 1. The van der Waals surface area contributed by atoms with Gasteiger partial charge in [0, 0.05) is 29.5 Å². The highest BCUT2D eigenvalue weighted by Crippen LogP contribution is 2.31. The molecule has 2 heterocycles. The van der Waals surface area contributed by atoms with Crippen LogP contribution in [-0.2, 0) is 9.59 Å². The van der Waals surface area contributed by atoms with Crippen molar-refractivity contribution in [2.24, 2.45) is 4.99 Å². The molecule has 1 aromatic heterocycles. The summed E-state index contributed by atoms with van der Waals surface area (Å²) in [6.45, 7) is 0. The zero-order valence-corrected chi connectivity index (χ0v) is 15.8. The first kappa shape index (κ1) is 17.1. The second-order valence-corrected chi connectivity index (χ2v) is 7.84. The summed E-state index contributed by atoms with van der Waals surface area (Å²) in [5.41, 5.74) is 0.683. The van der Waals surface area contributed by atoms with Gasteiger partial charge in [-0.15, -0.1) is 11.3 Å². The van der Waals surface area contributed by atoms with Gasteiger partial charge in [-0.1, -0.05) is 23.9 Å². The molecule has 2 aromatic rings. The summed E-state index contributed by atoms with van der Waals surface area (Å²) in [6.07, 6.45) is 1.75. The normalized spacial score (nSPS) is 19.1. The predicted octanol–water partition coefficient (Wildman–Crippen LogP) is 3.50. The summed E-state index contributed by atoms with van der Waals surface area (Å²) >= 11 is 6.07. The molecule has 1 fully saturated rings. The number of anilines is 1. The van der Waals surface area contributed by atoms with Crippen LogP contribution in [0.15, 0.2) is 45.3 Å². The molecule has 0 aliphatic carbocycles. The first-order valence-electron chi connectivity index (χ1n) is 7.01. The Morgan fingerprint density at radius 3 is 2.96 bits per heavy atom. The molecular formula is C15H13BrN4O2S2. The molecule has 24 heavy (non-hydrogen) atoms. The molecule has 1 atom stereocenters. The fourth-order valence-corrected chi connectivity index (χ4v) is 4.16. The van der Waals surface area contributed by atoms with Crippen molar-refractivity contribution in [3.8, 4) is 0 Å². The lowest BCUT2D eigenvalue weighted by molar-refractivity contribution is -0.127. The number of carbonyl (C=O) groups is 2. The number of para-hydroxylation sites is 1. The molecule has 1 saturated heterocycles. The minimum Gasteiger partial charge on any atom is -0.325 e. The number of halogens is 1. The first-order chi connectivity index (χ1) is 11.5. The molecule has 124 valence electrons. The lowest BCUT2D eigenvalue weighted by Crippen LogP contribution is -2.30. The number of benzene rings is 1. The molecule has 0 spiro atoms. The third-order valence-corrected chi connectivity index (χ3v) is 5.86. The average molecular weight is 425 g/mol. The van der Waals surface area contributed by atoms with Gasteiger partial charge in [0.15, 0.2) is 5.17 Å². The highest BCUT2D eigenvalue weighted by molar-refractivity contribution is 9.10. The van der Waals surface area contributed by atoms with E-state index in [2.05, 4.69) is 31.2 Å². The van der Waals surface area contributed by atoms with Crippen molar-refractivity contribution in [3.63, 3.8) is 0 Å². The van der Waals surface area contributed by atoms with Crippen LogP contribution in [0.4, 0.5) is 10.8 Å². The Morgan fingerprint density at radius 2 is 2.25 bits per heavy atom. The Bertz CT molecular complexity index is 795. The molecule has 0 radical (unpaired) electrons. The SMILES string of the molecule is CN1C(=O)C(CC(=O)Nc2ccccc2Br)SC1=Nc1nccs1. The van der Waals surface area contributed by atoms with Crippen molar-refractivity contribution >= 4 is 66.8 Å². The minimum atomic E-state index is -0.476. The van der Waals surface area contributed by atoms with Crippen LogP contribution >= 0.6 is 39.0 Å². The lowest BCUT2D eigenvalue weighted by atomic mass is 10.2. The topological polar surface area (TPSA) is 74.7 Å². The molecular weight excluding hydrogens is 412 g/mol. The second-order valence-electron chi connectivity index (χ2n) is 4.94. The zero-order chi connectivity index (χ0) is 17.1. The lowest BCUT2D eigenvalue weighted by Gasteiger charge is -2.10.